The summed E-state index contributed by atoms with van der Waals surface area (Å²) < 4.78 is 5.33. The van der Waals surface area contributed by atoms with Crippen LogP contribution in [-0.2, 0) is 11.2 Å². The van der Waals surface area contributed by atoms with E-state index in [1.807, 2.05) is 6.07 Å². The van der Waals surface area contributed by atoms with Gasteiger partial charge < -0.3 is 4.74 Å². The fourth-order valence-corrected chi connectivity index (χ4v) is 1.75. The Morgan fingerprint density at radius 1 is 1.31 bits per heavy atom. The van der Waals surface area contributed by atoms with Crippen LogP contribution in [0.4, 0.5) is 0 Å². The predicted molar refractivity (Wildman–Crippen MR) is 53.3 cm³/mol. The van der Waals surface area contributed by atoms with Crippen LogP contribution in [0.5, 0.6) is 0 Å². The summed E-state index contributed by atoms with van der Waals surface area (Å²) in [5.41, 5.74) is 1.36. The molecule has 1 aromatic rings. The van der Waals surface area contributed by atoms with Crippen LogP contribution in [0.1, 0.15) is 12.5 Å². The van der Waals surface area contributed by atoms with Crippen molar-refractivity contribution in [1.29, 1.82) is 0 Å². The molecule has 1 aliphatic rings. The average Bonchev–Trinajstić information content (AvgIpc) is 2.16. The Hall–Kier alpha value is -1.24. The van der Waals surface area contributed by atoms with Crippen molar-refractivity contribution < 1.29 is 4.74 Å². The molecule has 0 aliphatic carbocycles. The fraction of sp³-hybridized carbons (Fsp3) is 0.333. The standard InChI is InChI=1S/C12H14O/c1-9-12(10(2)13-9)8-11-6-4-3-5-7-11/h3-7,10,12H,1,8H2,2H3/t10-,12+/m0/s1. The summed E-state index contributed by atoms with van der Waals surface area (Å²) >= 11 is 0. The maximum atomic E-state index is 5.33. The van der Waals surface area contributed by atoms with Gasteiger partial charge in [-0.1, -0.05) is 36.9 Å². The van der Waals surface area contributed by atoms with Crippen LogP contribution in [0.2, 0.25) is 0 Å². The molecule has 1 heteroatoms. The molecule has 2 rings (SSSR count). The Bertz CT molecular complexity index is 302. The molecule has 0 bridgehead atoms. The predicted octanol–water partition coefficient (Wildman–Crippen LogP) is 2.78. The highest BCUT2D eigenvalue weighted by Gasteiger charge is 2.32. The van der Waals surface area contributed by atoms with Crippen LogP contribution in [0.3, 0.4) is 0 Å². The summed E-state index contributed by atoms with van der Waals surface area (Å²) in [4.78, 5) is 0. The SMILES string of the molecule is C=C1O[C@@H](C)[C@@H]1Cc1ccccc1. The Morgan fingerprint density at radius 2 is 2.00 bits per heavy atom. The lowest BCUT2D eigenvalue weighted by molar-refractivity contribution is -0.0284. The van der Waals surface area contributed by atoms with Gasteiger partial charge in [0, 0.05) is 0 Å². The molecular formula is C12H14O. The van der Waals surface area contributed by atoms with Gasteiger partial charge in [0.05, 0.1) is 11.7 Å². The third-order valence-electron chi connectivity index (χ3n) is 2.62. The van der Waals surface area contributed by atoms with Crippen LogP contribution in [0.25, 0.3) is 0 Å². The normalized spacial score (nSPS) is 26.4. The van der Waals surface area contributed by atoms with Gasteiger partial charge in [-0.05, 0) is 18.9 Å². The minimum atomic E-state index is 0.340. The van der Waals surface area contributed by atoms with E-state index in [4.69, 9.17) is 4.74 Å². The molecular weight excluding hydrogens is 160 g/mol. The van der Waals surface area contributed by atoms with Crippen molar-refractivity contribution in [2.45, 2.75) is 19.4 Å². The number of rotatable bonds is 2. The highest BCUT2D eigenvalue weighted by molar-refractivity contribution is 5.19. The van der Waals surface area contributed by atoms with Crippen LogP contribution >= 0.6 is 0 Å². The van der Waals surface area contributed by atoms with E-state index in [1.165, 1.54) is 5.56 Å². The minimum absolute atomic E-state index is 0.340. The zero-order valence-corrected chi connectivity index (χ0v) is 7.86. The molecule has 1 heterocycles. The molecule has 1 saturated heterocycles. The summed E-state index contributed by atoms with van der Waals surface area (Å²) in [6.45, 7) is 5.97. The van der Waals surface area contributed by atoms with E-state index >= 15 is 0 Å². The lowest BCUT2D eigenvalue weighted by atomic mass is 9.89. The van der Waals surface area contributed by atoms with Crippen molar-refractivity contribution in [3.05, 3.63) is 48.2 Å². The molecule has 68 valence electrons. The van der Waals surface area contributed by atoms with Crippen molar-refractivity contribution >= 4 is 0 Å². The number of hydrogen-bond acceptors (Lipinski definition) is 1. The zero-order chi connectivity index (χ0) is 9.26. The second-order valence-corrected chi connectivity index (χ2v) is 3.59. The first-order chi connectivity index (χ1) is 6.27. The molecule has 0 amide bonds. The Kier molecular flexibility index (Phi) is 2.09. The first kappa shape index (κ1) is 8.36. The molecule has 1 aliphatic heterocycles. The quantitative estimate of drug-likeness (QED) is 0.670. The van der Waals surface area contributed by atoms with Crippen LogP contribution in [0.15, 0.2) is 42.7 Å². The molecule has 0 saturated carbocycles. The van der Waals surface area contributed by atoms with Gasteiger partial charge in [-0.2, -0.15) is 0 Å². The van der Waals surface area contributed by atoms with E-state index in [2.05, 4.69) is 37.8 Å². The Labute approximate surface area is 79.0 Å². The van der Waals surface area contributed by atoms with E-state index in [1.54, 1.807) is 0 Å². The minimum Gasteiger partial charge on any atom is -0.494 e. The first-order valence-corrected chi connectivity index (χ1v) is 4.67. The van der Waals surface area contributed by atoms with Crippen LogP contribution in [-0.4, -0.2) is 6.10 Å². The molecule has 0 radical (unpaired) electrons. The Morgan fingerprint density at radius 3 is 2.54 bits per heavy atom. The molecule has 0 unspecified atom stereocenters. The van der Waals surface area contributed by atoms with Crippen molar-refractivity contribution in [2.75, 3.05) is 0 Å². The second-order valence-electron chi connectivity index (χ2n) is 3.59. The van der Waals surface area contributed by atoms with Crippen LogP contribution < -0.4 is 0 Å². The van der Waals surface area contributed by atoms with Gasteiger partial charge in [0.25, 0.3) is 0 Å². The first-order valence-electron chi connectivity index (χ1n) is 4.67. The third kappa shape index (κ3) is 1.59. The van der Waals surface area contributed by atoms with Gasteiger partial charge in [-0.25, -0.2) is 0 Å². The van der Waals surface area contributed by atoms with Crippen molar-refractivity contribution in [3.63, 3.8) is 0 Å². The van der Waals surface area contributed by atoms with E-state index in [9.17, 15) is 0 Å². The lowest BCUT2D eigenvalue weighted by Gasteiger charge is -2.37. The maximum Gasteiger partial charge on any atom is 0.106 e. The third-order valence-corrected chi connectivity index (χ3v) is 2.62. The summed E-state index contributed by atoms with van der Waals surface area (Å²) in [7, 11) is 0. The Balaban J connectivity index is 2.02. The molecule has 1 fully saturated rings. The summed E-state index contributed by atoms with van der Waals surface area (Å²) in [5.74, 6) is 1.46. The summed E-state index contributed by atoms with van der Waals surface area (Å²) in [6.07, 6.45) is 1.40. The van der Waals surface area contributed by atoms with Crippen molar-refractivity contribution in [1.82, 2.24) is 0 Å². The van der Waals surface area contributed by atoms with E-state index < -0.39 is 0 Å². The number of ether oxygens (including phenoxy) is 1. The molecule has 0 spiro atoms. The van der Waals surface area contributed by atoms with E-state index in [-0.39, 0.29) is 0 Å². The molecule has 1 aromatic carbocycles. The van der Waals surface area contributed by atoms with E-state index in [0.29, 0.717) is 12.0 Å². The van der Waals surface area contributed by atoms with Crippen LogP contribution in [0, 0.1) is 5.92 Å². The topological polar surface area (TPSA) is 9.23 Å². The summed E-state index contributed by atoms with van der Waals surface area (Å²) in [6, 6.07) is 10.5. The monoisotopic (exact) mass is 174 g/mol. The number of benzene rings is 1. The second kappa shape index (κ2) is 3.25. The van der Waals surface area contributed by atoms with Gasteiger partial charge in [0.15, 0.2) is 0 Å². The summed E-state index contributed by atoms with van der Waals surface area (Å²) in [5, 5.41) is 0. The smallest absolute Gasteiger partial charge is 0.106 e. The highest BCUT2D eigenvalue weighted by atomic mass is 16.5. The molecule has 0 N–H and O–H groups in total. The van der Waals surface area contributed by atoms with Gasteiger partial charge in [0.1, 0.15) is 6.10 Å². The van der Waals surface area contributed by atoms with Crippen molar-refractivity contribution in [3.8, 4) is 0 Å². The maximum absolute atomic E-state index is 5.33. The van der Waals surface area contributed by atoms with Crippen molar-refractivity contribution in [2.24, 2.45) is 5.92 Å². The largest absolute Gasteiger partial charge is 0.494 e. The van der Waals surface area contributed by atoms with Gasteiger partial charge in [-0.3, -0.25) is 0 Å². The molecule has 2 atom stereocenters. The average molecular weight is 174 g/mol. The fourth-order valence-electron chi connectivity index (χ4n) is 1.75. The van der Waals surface area contributed by atoms with E-state index in [0.717, 1.165) is 12.2 Å². The molecule has 1 nitrogen and oxygen atoms in total. The lowest BCUT2D eigenvalue weighted by Crippen LogP contribution is -2.35. The molecule has 13 heavy (non-hydrogen) atoms. The van der Waals surface area contributed by atoms with Gasteiger partial charge in [0.2, 0.25) is 0 Å². The highest BCUT2D eigenvalue weighted by Crippen LogP contribution is 2.33. The van der Waals surface area contributed by atoms with Gasteiger partial charge >= 0.3 is 0 Å². The zero-order valence-electron chi connectivity index (χ0n) is 7.86. The molecule has 0 aromatic heterocycles. The number of hydrogen-bond donors (Lipinski definition) is 0. The van der Waals surface area contributed by atoms with Gasteiger partial charge in [-0.15, -0.1) is 0 Å².